The highest BCUT2D eigenvalue weighted by Crippen LogP contribution is 2.25. The van der Waals surface area contributed by atoms with Gasteiger partial charge in [0.15, 0.2) is 0 Å². The highest BCUT2D eigenvalue weighted by Gasteiger charge is 2.44. The molecule has 11 heavy (non-hydrogen) atoms. The zero-order chi connectivity index (χ0) is 7.14. The summed E-state index contributed by atoms with van der Waals surface area (Å²) in [4.78, 5) is 0. The van der Waals surface area contributed by atoms with Gasteiger partial charge in [0.25, 0.3) is 0 Å². The van der Waals surface area contributed by atoms with Crippen LogP contribution < -0.4 is 5.32 Å². The lowest BCUT2D eigenvalue weighted by Gasteiger charge is -2.10. The molecule has 2 saturated heterocycles. The van der Waals surface area contributed by atoms with Gasteiger partial charge < -0.3 is 15.2 Å². The molecule has 0 amide bonds. The van der Waals surface area contributed by atoms with Gasteiger partial charge >= 0.3 is 0 Å². The first-order valence-electron chi connectivity index (χ1n) is 3.46. The Morgan fingerprint density at radius 1 is 1.55 bits per heavy atom. The van der Waals surface area contributed by atoms with Gasteiger partial charge in [0.2, 0.25) is 0 Å². The Morgan fingerprint density at radius 3 is 2.91 bits per heavy atom. The monoisotopic (exact) mass is 199 g/mol. The van der Waals surface area contributed by atoms with Crippen LogP contribution in [0.25, 0.3) is 0 Å². The fourth-order valence-corrected chi connectivity index (χ4v) is 1.90. The minimum atomic E-state index is -0.367. The molecule has 0 unspecified atom stereocenters. The second-order valence-corrected chi connectivity index (χ2v) is 3.38. The van der Waals surface area contributed by atoms with E-state index in [4.69, 9.17) is 16.3 Å². The van der Waals surface area contributed by atoms with Crippen LogP contribution in [0.15, 0.2) is 0 Å². The summed E-state index contributed by atoms with van der Waals surface area (Å²) in [5.74, 6) is 0. The van der Waals surface area contributed by atoms with Crippen LogP contribution in [0.1, 0.15) is 0 Å². The number of hydrogen-bond donors (Lipinski definition) is 2. The molecule has 0 spiro atoms. The Balaban J connectivity index is 0.000000605. The molecule has 0 radical (unpaired) electrons. The van der Waals surface area contributed by atoms with Crippen LogP contribution >= 0.6 is 24.0 Å². The minimum absolute atomic E-state index is 0. The molecular weight excluding hydrogens is 189 g/mol. The van der Waals surface area contributed by atoms with Crippen molar-refractivity contribution in [3.63, 3.8) is 0 Å². The van der Waals surface area contributed by atoms with Crippen molar-refractivity contribution in [2.75, 3.05) is 13.2 Å². The summed E-state index contributed by atoms with van der Waals surface area (Å²) in [6, 6.07) is 0.0718. The van der Waals surface area contributed by atoms with E-state index in [2.05, 4.69) is 5.32 Å². The van der Waals surface area contributed by atoms with Gasteiger partial charge in [-0.25, -0.2) is 0 Å². The third kappa shape index (κ3) is 1.48. The zero-order valence-corrected chi connectivity index (χ0v) is 7.44. The highest BCUT2D eigenvalue weighted by molar-refractivity contribution is 6.21. The molecule has 0 aromatic carbocycles. The number of ether oxygens (including phenoxy) is 1. The third-order valence-electron chi connectivity index (χ3n) is 2.13. The average molecular weight is 200 g/mol. The topological polar surface area (TPSA) is 41.5 Å². The van der Waals surface area contributed by atoms with E-state index in [0.717, 1.165) is 6.54 Å². The molecule has 5 heteroatoms. The maximum atomic E-state index is 9.27. The van der Waals surface area contributed by atoms with Gasteiger partial charge in [-0.3, -0.25) is 0 Å². The first-order chi connectivity index (χ1) is 4.79. The Bertz CT molecular complexity index is 131. The molecule has 0 bridgehead atoms. The maximum absolute atomic E-state index is 9.27. The largest absolute Gasteiger partial charge is 0.389 e. The van der Waals surface area contributed by atoms with E-state index in [1.54, 1.807) is 0 Å². The zero-order valence-electron chi connectivity index (χ0n) is 5.87. The predicted octanol–water partition coefficient (Wildman–Crippen LogP) is -0.253. The van der Waals surface area contributed by atoms with E-state index in [1.165, 1.54) is 0 Å². The van der Waals surface area contributed by atoms with E-state index in [1.807, 2.05) is 0 Å². The molecule has 2 N–H and O–H groups in total. The molecule has 2 heterocycles. The maximum Gasteiger partial charge on any atom is 0.0952 e. The van der Waals surface area contributed by atoms with Crippen LogP contribution in [0.4, 0.5) is 0 Å². The quantitative estimate of drug-likeness (QED) is 0.529. The molecule has 0 aromatic heterocycles. The SMILES string of the molecule is Cl.O[C@H]1CO[C@H]2[C@@H]1NC[C@H]2Cl. The number of rotatable bonds is 0. The van der Waals surface area contributed by atoms with Crippen molar-refractivity contribution in [1.82, 2.24) is 5.32 Å². The minimum Gasteiger partial charge on any atom is -0.389 e. The standard InChI is InChI=1S/C6H10ClNO2.ClH/c7-3-1-8-5-4(9)2-10-6(3)5;/h3-6,8-9H,1-2H2;1H/t3-,4+,5-,6-;/m1./s1. The summed E-state index contributed by atoms with van der Waals surface area (Å²) in [6.07, 6.45) is -0.342. The lowest BCUT2D eigenvalue weighted by Crippen LogP contribution is -2.36. The van der Waals surface area contributed by atoms with Crippen LogP contribution in [-0.4, -0.2) is 41.9 Å². The third-order valence-corrected chi connectivity index (χ3v) is 2.54. The van der Waals surface area contributed by atoms with Crippen molar-refractivity contribution in [1.29, 1.82) is 0 Å². The van der Waals surface area contributed by atoms with E-state index in [9.17, 15) is 5.11 Å². The number of halogens is 2. The first-order valence-corrected chi connectivity index (χ1v) is 3.90. The smallest absolute Gasteiger partial charge is 0.0952 e. The van der Waals surface area contributed by atoms with E-state index < -0.39 is 0 Å². The Labute approximate surface area is 76.5 Å². The van der Waals surface area contributed by atoms with Crippen LogP contribution in [0.2, 0.25) is 0 Å². The van der Waals surface area contributed by atoms with Crippen molar-refractivity contribution >= 4 is 24.0 Å². The molecule has 0 aliphatic carbocycles. The molecule has 66 valence electrons. The average Bonchev–Trinajstić information content (AvgIpc) is 2.41. The van der Waals surface area contributed by atoms with Crippen LogP contribution in [-0.2, 0) is 4.74 Å². The van der Waals surface area contributed by atoms with Gasteiger partial charge in [0.1, 0.15) is 0 Å². The van der Waals surface area contributed by atoms with Crippen LogP contribution in [0.5, 0.6) is 0 Å². The summed E-state index contributed by atoms with van der Waals surface area (Å²) in [6.45, 7) is 1.17. The summed E-state index contributed by atoms with van der Waals surface area (Å²) in [5, 5.41) is 12.4. The predicted molar refractivity (Wildman–Crippen MR) is 44.4 cm³/mol. The molecule has 4 atom stereocenters. The number of aliphatic hydroxyl groups excluding tert-OH is 1. The van der Waals surface area contributed by atoms with Gasteiger partial charge in [0, 0.05) is 6.54 Å². The van der Waals surface area contributed by atoms with Crippen molar-refractivity contribution in [3.8, 4) is 0 Å². The lowest BCUT2D eigenvalue weighted by molar-refractivity contribution is 0.0890. The number of fused-ring (bicyclic) bond motifs is 1. The van der Waals surface area contributed by atoms with Gasteiger partial charge in [-0.15, -0.1) is 24.0 Å². The number of hydrogen-bond acceptors (Lipinski definition) is 3. The summed E-state index contributed by atoms with van der Waals surface area (Å²) < 4.78 is 5.26. The lowest BCUT2D eigenvalue weighted by atomic mass is 10.1. The van der Waals surface area contributed by atoms with E-state index in [-0.39, 0.29) is 36.0 Å². The second kappa shape index (κ2) is 3.46. The Morgan fingerprint density at radius 2 is 2.27 bits per heavy atom. The molecule has 2 aliphatic rings. The van der Waals surface area contributed by atoms with Crippen molar-refractivity contribution in [2.24, 2.45) is 0 Å². The van der Waals surface area contributed by atoms with Gasteiger partial charge in [0.05, 0.1) is 30.2 Å². The van der Waals surface area contributed by atoms with Crippen LogP contribution in [0.3, 0.4) is 0 Å². The van der Waals surface area contributed by atoms with Gasteiger partial charge in [-0.2, -0.15) is 0 Å². The summed E-state index contributed by atoms with van der Waals surface area (Å²) in [5.41, 5.74) is 0. The van der Waals surface area contributed by atoms with Crippen molar-refractivity contribution in [2.45, 2.75) is 23.6 Å². The highest BCUT2D eigenvalue weighted by atomic mass is 35.5. The molecule has 0 saturated carbocycles. The summed E-state index contributed by atoms with van der Waals surface area (Å²) in [7, 11) is 0. The normalized spacial score (nSPS) is 48.5. The molecular formula is C6H11Cl2NO2. The van der Waals surface area contributed by atoms with Crippen LogP contribution in [0, 0.1) is 0 Å². The van der Waals surface area contributed by atoms with Gasteiger partial charge in [-0.05, 0) is 0 Å². The molecule has 0 aromatic rings. The number of nitrogens with one attached hydrogen (secondary N) is 1. The molecule has 2 rings (SSSR count). The van der Waals surface area contributed by atoms with E-state index >= 15 is 0 Å². The van der Waals surface area contributed by atoms with Crippen molar-refractivity contribution in [3.05, 3.63) is 0 Å². The van der Waals surface area contributed by atoms with E-state index in [0.29, 0.717) is 6.61 Å². The van der Waals surface area contributed by atoms with Crippen molar-refractivity contribution < 1.29 is 9.84 Å². The van der Waals surface area contributed by atoms with Gasteiger partial charge in [-0.1, -0.05) is 0 Å². The fraction of sp³-hybridized carbons (Fsp3) is 1.00. The second-order valence-electron chi connectivity index (χ2n) is 2.82. The number of alkyl halides is 1. The fourth-order valence-electron chi connectivity index (χ4n) is 1.58. The Hall–Kier alpha value is 0.460. The molecule has 2 fully saturated rings. The summed E-state index contributed by atoms with van der Waals surface area (Å²) >= 11 is 5.88. The first kappa shape index (κ1) is 9.55. The molecule has 2 aliphatic heterocycles. The molecule has 3 nitrogen and oxygen atoms in total. The number of aliphatic hydroxyl groups is 1. The Kier molecular flexibility index (Phi) is 3.00.